The Bertz CT molecular complexity index is 819. The molecule has 6 heteroatoms. The number of carbonyl (C=O) groups excluding carboxylic acids is 2. The highest BCUT2D eigenvalue weighted by Gasteiger charge is 2.29. The molecular weight excluding hydrogens is 328 g/mol. The Morgan fingerprint density at radius 3 is 2.88 bits per heavy atom. The van der Waals surface area contributed by atoms with Gasteiger partial charge >= 0.3 is 6.03 Å². The second kappa shape index (κ2) is 7.72. The van der Waals surface area contributed by atoms with Gasteiger partial charge in [0.1, 0.15) is 0 Å². The number of nitrogens with one attached hydrogen (secondary N) is 1. The molecule has 1 atom stereocenters. The molecule has 1 N–H and O–H groups in total. The maximum Gasteiger partial charge on any atom is 0.319 e. The van der Waals surface area contributed by atoms with Crippen LogP contribution in [0.2, 0.25) is 0 Å². The van der Waals surface area contributed by atoms with Gasteiger partial charge in [0.15, 0.2) is 0 Å². The fourth-order valence-electron chi connectivity index (χ4n) is 3.52. The first-order valence-corrected chi connectivity index (χ1v) is 9.04. The molecule has 0 bridgehead atoms. The summed E-state index contributed by atoms with van der Waals surface area (Å²) in [4.78, 5) is 32.5. The van der Waals surface area contributed by atoms with Crippen molar-refractivity contribution in [3.05, 3.63) is 41.6 Å². The maximum atomic E-state index is 12.7. The number of hydrogen-bond acceptors (Lipinski definition) is 3. The van der Waals surface area contributed by atoms with Crippen molar-refractivity contribution in [1.29, 1.82) is 0 Å². The van der Waals surface area contributed by atoms with E-state index >= 15 is 0 Å². The van der Waals surface area contributed by atoms with E-state index in [4.69, 9.17) is 0 Å². The standard InChI is InChI=1S/C20H26N4O2/c1-14-8-9-18-16(7-4-10-21-18)17(14)12-22-19(25)15-6-5-11-24(13-15)20(26)23(2)3/h4,7-10,15H,5-6,11-13H2,1-3H3,(H,22,25)/t15-/m1/s1. The molecule has 1 aromatic heterocycles. The second-order valence-corrected chi connectivity index (χ2v) is 7.11. The van der Waals surface area contributed by atoms with Crippen molar-refractivity contribution in [1.82, 2.24) is 20.1 Å². The molecule has 3 amide bonds. The third-order valence-corrected chi connectivity index (χ3v) is 5.02. The summed E-state index contributed by atoms with van der Waals surface area (Å²) in [6.45, 7) is 3.73. The number of rotatable bonds is 3. The largest absolute Gasteiger partial charge is 0.352 e. The molecule has 1 saturated heterocycles. The Labute approximate surface area is 154 Å². The van der Waals surface area contributed by atoms with Gasteiger partial charge in [0, 0.05) is 45.3 Å². The predicted molar refractivity (Wildman–Crippen MR) is 102 cm³/mol. The van der Waals surface area contributed by atoms with E-state index in [0.717, 1.165) is 41.4 Å². The van der Waals surface area contributed by atoms with Gasteiger partial charge in [0.25, 0.3) is 0 Å². The average Bonchev–Trinajstić information content (AvgIpc) is 2.66. The summed E-state index contributed by atoms with van der Waals surface area (Å²) < 4.78 is 0. The number of likely N-dealkylation sites (tertiary alicyclic amines) is 1. The molecule has 1 fully saturated rings. The van der Waals surface area contributed by atoms with Crippen molar-refractivity contribution in [3.63, 3.8) is 0 Å². The number of urea groups is 1. The summed E-state index contributed by atoms with van der Waals surface area (Å²) in [6, 6.07) is 7.96. The van der Waals surface area contributed by atoms with Crippen LogP contribution in [0.4, 0.5) is 4.79 Å². The van der Waals surface area contributed by atoms with Crippen molar-refractivity contribution in [3.8, 4) is 0 Å². The van der Waals surface area contributed by atoms with Crippen molar-refractivity contribution in [2.75, 3.05) is 27.2 Å². The van der Waals surface area contributed by atoms with Crippen molar-refractivity contribution in [2.24, 2.45) is 5.92 Å². The van der Waals surface area contributed by atoms with E-state index in [-0.39, 0.29) is 17.9 Å². The number of piperidine rings is 1. The molecule has 26 heavy (non-hydrogen) atoms. The first-order chi connectivity index (χ1) is 12.5. The fraction of sp³-hybridized carbons (Fsp3) is 0.450. The SMILES string of the molecule is Cc1ccc2ncccc2c1CNC(=O)[C@@H]1CCCN(C(=O)N(C)C)C1. The van der Waals surface area contributed by atoms with Gasteiger partial charge < -0.3 is 15.1 Å². The van der Waals surface area contributed by atoms with E-state index in [1.54, 1.807) is 30.1 Å². The number of hydrogen-bond donors (Lipinski definition) is 1. The lowest BCUT2D eigenvalue weighted by Gasteiger charge is -2.33. The lowest BCUT2D eigenvalue weighted by molar-refractivity contribution is -0.126. The zero-order chi connectivity index (χ0) is 18.7. The highest BCUT2D eigenvalue weighted by molar-refractivity contribution is 5.85. The number of aromatic nitrogens is 1. The summed E-state index contributed by atoms with van der Waals surface area (Å²) in [7, 11) is 3.48. The molecule has 0 radical (unpaired) electrons. The number of fused-ring (bicyclic) bond motifs is 1. The van der Waals surface area contributed by atoms with Crippen LogP contribution in [0.25, 0.3) is 10.9 Å². The molecule has 138 valence electrons. The summed E-state index contributed by atoms with van der Waals surface area (Å²) in [5.74, 6) is -0.136. The van der Waals surface area contributed by atoms with Crippen LogP contribution in [-0.2, 0) is 11.3 Å². The Morgan fingerprint density at radius 2 is 2.12 bits per heavy atom. The minimum atomic E-state index is -0.152. The van der Waals surface area contributed by atoms with E-state index in [9.17, 15) is 9.59 Å². The Morgan fingerprint density at radius 1 is 1.31 bits per heavy atom. The van der Waals surface area contributed by atoms with Crippen LogP contribution in [-0.4, -0.2) is 53.9 Å². The van der Waals surface area contributed by atoms with Crippen LogP contribution in [0.15, 0.2) is 30.5 Å². The highest BCUT2D eigenvalue weighted by atomic mass is 16.2. The molecule has 1 aliphatic heterocycles. The summed E-state index contributed by atoms with van der Waals surface area (Å²) in [5, 5.41) is 4.14. The van der Waals surface area contributed by atoms with Crippen LogP contribution in [0, 0.1) is 12.8 Å². The van der Waals surface area contributed by atoms with E-state index in [0.29, 0.717) is 13.1 Å². The third kappa shape index (κ3) is 3.79. The molecule has 2 aromatic rings. The van der Waals surface area contributed by atoms with Gasteiger partial charge in [-0.2, -0.15) is 0 Å². The van der Waals surface area contributed by atoms with Gasteiger partial charge in [0.05, 0.1) is 11.4 Å². The molecule has 1 aromatic carbocycles. The number of carbonyl (C=O) groups is 2. The number of amides is 3. The number of pyridine rings is 1. The van der Waals surface area contributed by atoms with Crippen LogP contribution in [0.1, 0.15) is 24.0 Å². The summed E-state index contributed by atoms with van der Waals surface area (Å²) >= 11 is 0. The molecule has 0 saturated carbocycles. The van der Waals surface area contributed by atoms with Crippen molar-refractivity contribution >= 4 is 22.8 Å². The van der Waals surface area contributed by atoms with Gasteiger partial charge in [-0.25, -0.2) is 4.79 Å². The first-order valence-electron chi connectivity index (χ1n) is 9.04. The third-order valence-electron chi connectivity index (χ3n) is 5.02. The normalized spacial score (nSPS) is 17.2. The highest BCUT2D eigenvalue weighted by Crippen LogP contribution is 2.21. The average molecular weight is 354 g/mol. The molecule has 0 spiro atoms. The van der Waals surface area contributed by atoms with Crippen LogP contribution >= 0.6 is 0 Å². The molecule has 6 nitrogen and oxygen atoms in total. The fourth-order valence-corrected chi connectivity index (χ4v) is 3.52. The van der Waals surface area contributed by atoms with E-state index < -0.39 is 0 Å². The van der Waals surface area contributed by atoms with Gasteiger partial charge in [-0.3, -0.25) is 9.78 Å². The van der Waals surface area contributed by atoms with Crippen molar-refractivity contribution in [2.45, 2.75) is 26.3 Å². The predicted octanol–water partition coefficient (Wildman–Crippen LogP) is 2.55. The minimum absolute atomic E-state index is 0.0153. The molecule has 2 heterocycles. The molecular formula is C20H26N4O2. The number of aryl methyl sites for hydroxylation is 1. The van der Waals surface area contributed by atoms with Gasteiger partial charge in [-0.1, -0.05) is 12.1 Å². The monoisotopic (exact) mass is 354 g/mol. The zero-order valence-corrected chi connectivity index (χ0v) is 15.7. The summed E-state index contributed by atoms with van der Waals surface area (Å²) in [5.41, 5.74) is 3.17. The number of benzene rings is 1. The molecule has 1 aliphatic rings. The van der Waals surface area contributed by atoms with Gasteiger partial charge in [0.2, 0.25) is 5.91 Å². The molecule has 0 unspecified atom stereocenters. The first kappa shape index (κ1) is 18.2. The Kier molecular flexibility index (Phi) is 5.40. The van der Waals surface area contributed by atoms with Crippen LogP contribution in [0.3, 0.4) is 0 Å². The van der Waals surface area contributed by atoms with E-state index in [2.05, 4.69) is 10.3 Å². The lowest BCUT2D eigenvalue weighted by atomic mass is 9.96. The van der Waals surface area contributed by atoms with Gasteiger partial charge in [-0.15, -0.1) is 0 Å². The summed E-state index contributed by atoms with van der Waals surface area (Å²) in [6.07, 6.45) is 3.45. The maximum absolute atomic E-state index is 12.7. The van der Waals surface area contributed by atoms with E-state index in [1.165, 1.54) is 0 Å². The lowest BCUT2D eigenvalue weighted by Crippen LogP contribution is -2.48. The zero-order valence-electron chi connectivity index (χ0n) is 15.7. The van der Waals surface area contributed by atoms with Crippen LogP contribution < -0.4 is 5.32 Å². The number of nitrogens with zero attached hydrogens (tertiary/aromatic N) is 3. The van der Waals surface area contributed by atoms with E-state index in [1.807, 2.05) is 31.2 Å². The topological polar surface area (TPSA) is 65.5 Å². The van der Waals surface area contributed by atoms with Crippen LogP contribution in [0.5, 0.6) is 0 Å². The minimum Gasteiger partial charge on any atom is -0.352 e. The smallest absolute Gasteiger partial charge is 0.319 e. The molecule has 3 rings (SSSR count). The quantitative estimate of drug-likeness (QED) is 0.921. The Hall–Kier alpha value is -2.63. The van der Waals surface area contributed by atoms with Gasteiger partial charge in [-0.05, 0) is 43.0 Å². The molecule has 0 aliphatic carbocycles. The van der Waals surface area contributed by atoms with Crippen molar-refractivity contribution < 1.29 is 9.59 Å². The Balaban J connectivity index is 1.68. The second-order valence-electron chi connectivity index (χ2n) is 7.11.